The number of carbonyl (C=O) groups is 1. The van der Waals surface area contributed by atoms with Crippen LogP contribution in [0.15, 0.2) is 42.1 Å². The Kier molecular flexibility index (Phi) is 7.44. The highest BCUT2D eigenvalue weighted by Crippen LogP contribution is 2.19. The number of nitrogens with one attached hydrogen (secondary N) is 1. The largest absolute Gasteiger partial charge is 0.486 e. The minimum atomic E-state index is -0.321. The van der Waals surface area contributed by atoms with E-state index in [-0.39, 0.29) is 30.2 Å². The Morgan fingerprint density at radius 3 is 2.96 bits per heavy atom. The van der Waals surface area contributed by atoms with Crippen molar-refractivity contribution >= 4 is 17.7 Å². The Morgan fingerprint density at radius 2 is 2.25 bits per heavy atom. The van der Waals surface area contributed by atoms with Gasteiger partial charge in [-0.2, -0.15) is 0 Å². The zero-order valence-electron chi connectivity index (χ0n) is 15.5. The van der Waals surface area contributed by atoms with Crippen molar-refractivity contribution < 1.29 is 18.7 Å². The molecule has 150 valence electrons. The van der Waals surface area contributed by atoms with Gasteiger partial charge in [0.1, 0.15) is 18.2 Å². The van der Waals surface area contributed by atoms with Gasteiger partial charge in [-0.15, -0.1) is 16.8 Å². The Labute approximate surface area is 167 Å². The van der Waals surface area contributed by atoms with Crippen molar-refractivity contribution in [2.24, 2.45) is 0 Å². The van der Waals surface area contributed by atoms with Gasteiger partial charge in [-0.05, 0) is 37.1 Å². The van der Waals surface area contributed by atoms with Crippen molar-refractivity contribution in [3.8, 4) is 5.75 Å². The molecule has 1 aromatic carbocycles. The van der Waals surface area contributed by atoms with Gasteiger partial charge in [-0.25, -0.2) is 4.39 Å². The number of benzene rings is 1. The van der Waals surface area contributed by atoms with Gasteiger partial charge in [0.2, 0.25) is 5.91 Å². The van der Waals surface area contributed by atoms with Crippen LogP contribution in [0.4, 0.5) is 4.39 Å². The number of carbonyl (C=O) groups excluding carboxylic acids is 1. The standard InChI is InChI=1S/C19H23FN4O3S/c1-2-9-24-17(12-27-15-7-5-14(20)6-8-15)22-23-19(24)28-13-18(25)21-11-16-4-3-10-26-16/h2,5-8,16H,1,3-4,9-13H2,(H,21,25)/t16-/m1/s1. The first-order valence-electron chi connectivity index (χ1n) is 9.08. The fraction of sp³-hybridized carbons (Fsp3) is 0.421. The molecule has 0 aliphatic carbocycles. The molecular formula is C19H23FN4O3S. The summed E-state index contributed by atoms with van der Waals surface area (Å²) < 4.78 is 26.0. The molecule has 1 aliphatic heterocycles. The average Bonchev–Trinajstić information content (AvgIpc) is 3.35. The van der Waals surface area contributed by atoms with Crippen LogP contribution in [0.5, 0.6) is 5.75 Å². The summed E-state index contributed by atoms with van der Waals surface area (Å²) in [5.74, 6) is 0.987. The van der Waals surface area contributed by atoms with Gasteiger partial charge >= 0.3 is 0 Å². The van der Waals surface area contributed by atoms with Crippen molar-refractivity contribution in [1.29, 1.82) is 0 Å². The van der Waals surface area contributed by atoms with E-state index >= 15 is 0 Å². The van der Waals surface area contributed by atoms with Crippen LogP contribution >= 0.6 is 11.8 Å². The first-order chi connectivity index (χ1) is 13.7. The fourth-order valence-electron chi connectivity index (χ4n) is 2.74. The highest BCUT2D eigenvalue weighted by Gasteiger charge is 2.17. The predicted molar refractivity (Wildman–Crippen MR) is 104 cm³/mol. The number of hydrogen-bond donors (Lipinski definition) is 1. The number of rotatable bonds is 10. The molecular weight excluding hydrogens is 383 g/mol. The second-order valence-electron chi connectivity index (χ2n) is 6.27. The molecule has 2 heterocycles. The predicted octanol–water partition coefficient (Wildman–Crippen LogP) is 2.57. The summed E-state index contributed by atoms with van der Waals surface area (Å²) in [5, 5.41) is 11.8. The van der Waals surface area contributed by atoms with Crippen LogP contribution in [0, 0.1) is 5.82 Å². The minimum absolute atomic E-state index is 0.0715. The first-order valence-corrected chi connectivity index (χ1v) is 10.1. The molecule has 1 atom stereocenters. The van der Waals surface area contributed by atoms with E-state index < -0.39 is 0 Å². The molecule has 3 rings (SSSR count). The SMILES string of the molecule is C=CCn1c(COc2ccc(F)cc2)nnc1SCC(=O)NC[C@H]1CCCO1. The summed E-state index contributed by atoms with van der Waals surface area (Å²) in [5.41, 5.74) is 0. The van der Waals surface area contributed by atoms with Gasteiger partial charge in [0.25, 0.3) is 0 Å². The van der Waals surface area contributed by atoms with Crippen molar-refractivity contribution in [2.75, 3.05) is 18.9 Å². The lowest BCUT2D eigenvalue weighted by molar-refractivity contribution is -0.119. The van der Waals surface area contributed by atoms with E-state index in [1.54, 1.807) is 18.2 Å². The lowest BCUT2D eigenvalue weighted by Gasteiger charge is -2.11. The Bertz CT molecular complexity index is 791. The van der Waals surface area contributed by atoms with Crippen molar-refractivity contribution in [2.45, 2.75) is 37.3 Å². The average molecular weight is 406 g/mol. The van der Waals surface area contributed by atoms with E-state index in [0.29, 0.717) is 29.8 Å². The zero-order chi connectivity index (χ0) is 19.8. The monoisotopic (exact) mass is 406 g/mol. The smallest absolute Gasteiger partial charge is 0.230 e. The van der Waals surface area contributed by atoms with Crippen LogP contribution in [-0.2, 0) is 22.7 Å². The highest BCUT2D eigenvalue weighted by molar-refractivity contribution is 7.99. The van der Waals surface area contributed by atoms with Crippen LogP contribution in [-0.4, -0.2) is 45.7 Å². The van der Waals surface area contributed by atoms with E-state index in [2.05, 4.69) is 22.1 Å². The third-order valence-corrected chi connectivity index (χ3v) is 5.14. The lowest BCUT2D eigenvalue weighted by atomic mass is 10.2. The molecule has 1 N–H and O–H groups in total. The number of halogens is 1. The molecule has 2 aromatic rings. The number of allylic oxidation sites excluding steroid dienone is 1. The molecule has 1 aromatic heterocycles. The molecule has 1 saturated heterocycles. The van der Waals surface area contributed by atoms with Gasteiger partial charge in [-0.1, -0.05) is 17.8 Å². The number of amides is 1. The van der Waals surface area contributed by atoms with Crippen molar-refractivity contribution in [3.63, 3.8) is 0 Å². The van der Waals surface area contributed by atoms with Gasteiger partial charge in [0, 0.05) is 19.7 Å². The lowest BCUT2D eigenvalue weighted by Crippen LogP contribution is -2.32. The van der Waals surface area contributed by atoms with E-state index in [4.69, 9.17) is 9.47 Å². The van der Waals surface area contributed by atoms with Crippen LogP contribution in [0.25, 0.3) is 0 Å². The molecule has 9 heteroatoms. The van der Waals surface area contributed by atoms with Crippen LogP contribution in [0.1, 0.15) is 18.7 Å². The number of aromatic nitrogens is 3. The van der Waals surface area contributed by atoms with E-state index in [0.717, 1.165) is 19.4 Å². The number of nitrogens with zero attached hydrogens (tertiary/aromatic N) is 3. The Morgan fingerprint density at radius 1 is 1.43 bits per heavy atom. The summed E-state index contributed by atoms with van der Waals surface area (Å²) in [6.07, 6.45) is 3.88. The molecule has 0 saturated carbocycles. The second-order valence-corrected chi connectivity index (χ2v) is 7.21. The summed E-state index contributed by atoms with van der Waals surface area (Å²) in [7, 11) is 0. The van der Waals surface area contributed by atoms with Crippen molar-refractivity contribution in [3.05, 3.63) is 48.6 Å². The van der Waals surface area contributed by atoms with Gasteiger partial charge in [0.05, 0.1) is 11.9 Å². The molecule has 1 amide bonds. The number of ether oxygens (including phenoxy) is 2. The maximum Gasteiger partial charge on any atom is 0.230 e. The van der Waals surface area contributed by atoms with Gasteiger partial charge in [-0.3, -0.25) is 9.36 Å². The molecule has 7 nitrogen and oxygen atoms in total. The molecule has 1 aliphatic rings. The quantitative estimate of drug-likeness (QED) is 0.483. The molecule has 0 bridgehead atoms. The van der Waals surface area contributed by atoms with E-state index in [1.807, 2.05) is 4.57 Å². The van der Waals surface area contributed by atoms with E-state index in [9.17, 15) is 9.18 Å². The summed E-state index contributed by atoms with van der Waals surface area (Å²) in [6, 6.07) is 5.77. The molecule has 28 heavy (non-hydrogen) atoms. The Balaban J connectivity index is 1.52. The maximum atomic E-state index is 13.0. The third kappa shape index (κ3) is 5.80. The van der Waals surface area contributed by atoms with Crippen LogP contribution < -0.4 is 10.1 Å². The topological polar surface area (TPSA) is 78.3 Å². The van der Waals surface area contributed by atoms with Crippen molar-refractivity contribution in [1.82, 2.24) is 20.1 Å². The number of thioether (sulfide) groups is 1. The molecule has 0 unspecified atom stereocenters. The normalized spacial score (nSPS) is 16.1. The summed E-state index contributed by atoms with van der Waals surface area (Å²) in [4.78, 5) is 12.1. The second kappa shape index (κ2) is 10.2. The maximum absolute atomic E-state index is 13.0. The fourth-order valence-corrected chi connectivity index (χ4v) is 3.53. The van der Waals surface area contributed by atoms with Gasteiger partial charge in [0.15, 0.2) is 11.0 Å². The molecule has 1 fully saturated rings. The summed E-state index contributed by atoms with van der Waals surface area (Å²) >= 11 is 1.31. The molecule has 0 radical (unpaired) electrons. The first kappa shape index (κ1) is 20.3. The van der Waals surface area contributed by atoms with Crippen LogP contribution in [0.2, 0.25) is 0 Å². The number of hydrogen-bond acceptors (Lipinski definition) is 6. The van der Waals surface area contributed by atoms with Crippen LogP contribution in [0.3, 0.4) is 0 Å². The highest BCUT2D eigenvalue weighted by atomic mass is 32.2. The van der Waals surface area contributed by atoms with Gasteiger partial charge < -0.3 is 14.8 Å². The van der Waals surface area contributed by atoms with E-state index in [1.165, 1.54) is 23.9 Å². The molecule has 0 spiro atoms. The minimum Gasteiger partial charge on any atom is -0.486 e. The third-order valence-electron chi connectivity index (χ3n) is 4.17. The summed E-state index contributed by atoms with van der Waals surface area (Å²) in [6.45, 7) is 5.73. The Hall–Kier alpha value is -2.39. The zero-order valence-corrected chi connectivity index (χ0v) is 16.3.